The van der Waals surface area contributed by atoms with Gasteiger partial charge in [0.25, 0.3) is 5.91 Å². The van der Waals surface area contributed by atoms with Crippen molar-refractivity contribution in [2.45, 2.75) is 25.8 Å². The summed E-state index contributed by atoms with van der Waals surface area (Å²) >= 11 is 0. The molecule has 1 atom stereocenters. The Labute approximate surface area is 173 Å². The number of benzene rings is 1. The molecule has 1 rings (SSSR count). The van der Waals surface area contributed by atoms with E-state index >= 15 is 0 Å². The number of aliphatic carboxylic acids is 1. The number of aromatic hydroxyl groups is 1. The number of alkyl carbamates (subject to hydrolysis) is 1. The monoisotopic (exact) mass is 425 g/mol. The molecule has 12 heteroatoms. The normalized spacial score (nSPS) is 11.1. The summed E-state index contributed by atoms with van der Waals surface area (Å²) in [4.78, 5) is 35.1. The van der Waals surface area contributed by atoms with E-state index in [0.717, 1.165) is 6.42 Å². The van der Waals surface area contributed by atoms with E-state index in [9.17, 15) is 24.6 Å². The van der Waals surface area contributed by atoms with E-state index in [1.165, 1.54) is 18.2 Å². The second kappa shape index (κ2) is 12.7. The minimum Gasteiger partial charge on any atom is -0.507 e. The molecule has 8 N–H and O–H groups in total. The summed E-state index contributed by atoms with van der Waals surface area (Å²) in [5.41, 5.74) is 5.04. The molecular formula is C18H27N5O7. The van der Waals surface area contributed by atoms with Crippen LogP contribution in [-0.4, -0.2) is 66.5 Å². The Bertz CT molecular complexity index is 756. The zero-order valence-electron chi connectivity index (χ0n) is 16.6. The summed E-state index contributed by atoms with van der Waals surface area (Å²) < 4.78 is 10.2. The van der Waals surface area contributed by atoms with Crippen LogP contribution in [0.25, 0.3) is 0 Å². The Balaban J connectivity index is 2.57. The predicted octanol–water partition coefficient (Wildman–Crippen LogP) is -0.0366. The number of rotatable bonds is 12. The van der Waals surface area contributed by atoms with Crippen LogP contribution in [0.15, 0.2) is 18.2 Å². The van der Waals surface area contributed by atoms with Crippen molar-refractivity contribution >= 4 is 23.9 Å². The molecular weight excluding hydrogens is 398 g/mol. The molecule has 0 aliphatic heterocycles. The van der Waals surface area contributed by atoms with Crippen LogP contribution in [0.4, 0.5) is 4.79 Å². The average molecular weight is 425 g/mol. The van der Waals surface area contributed by atoms with Crippen molar-refractivity contribution < 1.29 is 34.1 Å². The summed E-state index contributed by atoms with van der Waals surface area (Å²) in [6.45, 7) is 2.12. The van der Waals surface area contributed by atoms with Crippen molar-refractivity contribution in [2.24, 2.45) is 5.73 Å². The maximum absolute atomic E-state index is 12.2. The third-order valence-corrected chi connectivity index (χ3v) is 3.69. The van der Waals surface area contributed by atoms with Crippen LogP contribution in [0.2, 0.25) is 0 Å². The molecule has 12 nitrogen and oxygen atoms in total. The van der Waals surface area contributed by atoms with Gasteiger partial charge in [-0.2, -0.15) is 0 Å². The second-order valence-electron chi connectivity index (χ2n) is 6.10. The fourth-order valence-corrected chi connectivity index (χ4v) is 2.13. The van der Waals surface area contributed by atoms with E-state index in [1.807, 2.05) is 6.92 Å². The van der Waals surface area contributed by atoms with Crippen LogP contribution in [-0.2, 0) is 9.53 Å². The number of ether oxygens (including phenoxy) is 2. The summed E-state index contributed by atoms with van der Waals surface area (Å²) in [6, 6.07) is 2.57. The maximum Gasteiger partial charge on any atom is 0.407 e. The first-order valence-electron chi connectivity index (χ1n) is 9.22. The van der Waals surface area contributed by atoms with Crippen LogP contribution in [0.3, 0.4) is 0 Å². The molecule has 0 spiro atoms. The number of hydrogen-bond acceptors (Lipinski definition) is 7. The molecule has 0 radical (unpaired) electrons. The van der Waals surface area contributed by atoms with E-state index in [1.54, 1.807) is 0 Å². The Morgan fingerprint density at radius 3 is 2.57 bits per heavy atom. The number of carbonyl (C=O) groups excluding carboxylic acids is 2. The number of phenols is 1. The SMILES string of the molecule is CCCCOC(=O)N[C@@H](CNC(=O)c1ccc(OCCNC(=N)N)cc1O)C(=O)O. The van der Waals surface area contributed by atoms with Crippen LogP contribution >= 0.6 is 0 Å². The molecule has 0 unspecified atom stereocenters. The molecule has 2 amide bonds. The number of phenolic OH excluding ortho intramolecular Hbond substituents is 1. The van der Waals surface area contributed by atoms with Crippen LogP contribution < -0.4 is 26.4 Å². The van der Waals surface area contributed by atoms with E-state index in [4.69, 9.17) is 20.6 Å². The van der Waals surface area contributed by atoms with Gasteiger partial charge in [-0.1, -0.05) is 13.3 Å². The van der Waals surface area contributed by atoms with Crippen molar-refractivity contribution in [3.63, 3.8) is 0 Å². The van der Waals surface area contributed by atoms with Gasteiger partial charge < -0.3 is 41.4 Å². The lowest BCUT2D eigenvalue weighted by molar-refractivity contribution is -0.139. The van der Waals surface area contributed by atoms with Crippen molar-refractivity contribution in [1.29, 1.82) is 5.41 Å². The van der Waals surface area contributed by atoms with E-state index < -0.39 is 30.6 Å². The second-order valence-corrected chi connectivity index (χ2v) is 6.10. The number of carboxylic acids is 1. The topological polar surface area (TPSA) is 196 Å². The van der Waals surface area contributed by atoms with Gasteiger partial charge in [-0.25, -0.2) is 9.59 Å². The highest BCUT2D eigenvalue weighted by Crippen LogP contribution is 2.23. The lowest BCUT2D eigenvalue weighted by atomic mass is 10.1. The molecule has 30 heavy (non-hydrogen) atoms. The lowest BCUT2D eigenvalue weighted by Crippen LogP contribution is -2.48. The quantitative estimate of drug-likeness (QED) is 0.136. The van der Waals surface area contributed by atoms with Crippen LogP contribution in [0, 0.1) is 5.41 Å². The van der Waals surface area contributed by atoms with Gasteiger partial charge in [-0.15, -0.1) is 0 Å². The summed E-state index contributed by atoms with van der Waals surface area (Å²) in [5, 5.41) is 33.3. The van der Waals surface area contributed by atoms with Crippen LogP contribution in [0.5, 0.6) is 11.5 Å². The van der Waals surface area contributed by atoms with Gasteiger partial charge in [-0.05, 0) is 18.6 Å². The van der Waals surface area contributed by atoms with Gasteiger partial charge in [0.2, 0.25) is 0 Å². The molecule has 1 aromatic carbocycles. The molecule has 0 saturated carbocycles. The molecule has 0 fully saturated rings. The first kappa shape index (κ1) is 24.3. The van der Waals surface area contributed by atoms with Crippen molar-refractivity contribution in [2.75, 3.05) is 26.3 Å². The molecule has 0 saturated heterocycles. The highest BCUT2D eigenvalue weighted by molar-refractivity contribution is 5.97. The molecule has 0 aromatic heterocycles. The number of nitrogens with two attached hydrogens (primary N) is 1. The van der Waals surface area contributed by atoms with Crippen LogP contribution in [0.1, 0.15) is 30.1 Å². The lowest BCUT2D eigenvalue weighted by Gasteiger charge is -2.16. The molecule has 0 bridgehead atoms. The number of unbranched alkanes of at least 4 members (excludes halogenated alkanes) is 1. The van der Waals surface area contributed by atoms with Gasteiger partial charge in [0.1, 0.15) is 24.1 Å². The number of carboxylic acid groups (broad SMARTS) is 1. The number of carbonyl (C=O) groups is 3. The Kier molecular flexibility index (Phi) is 10.3. The highest BCUT2D eigenvalue weighted by atomic mass is 16.5. The minimum absolute atomic E-state index is 0.0983. The van der Waals surface area contributed by atoms with Gasteiger partial charge in [0, 0.05) is 12.6 Å². The van der Waals surface area contributed by atoms with Crippen molar-refractivity contribution in [3.05, 3.63) is 23.8 Å². The van der Waals surface area contributed by atoms with Gasteiger partial charge in [0.05, 0.1) is 18.7 Å². The highest BCUT2D eigenvalue weighted by Gasteiger charge is 2.22. The molecule has 0 aliphatic rings. The average Bonchev–Trinajstić information content (AvgIpc) is 2.68. The minimum atomic E-state index is -1.40. The number of guanidine groups is 1. The smallest absolute Gasteiger partial charge is 0.407 e. The van der Waals surface area contributed by atoms with E-state index in [0.29, 0.717) is 6.42 Å². The third kappa shape index (κ3) is 8.99. The van der Waals surface area contributed by atoms with Gasteiger partial charge in [0.15, 0.2) is 5.96 Å². The molecule has 0 aliphatic carbocycles. The number of amides is 2. The fraction of sp³-hybridized carbons (Fsp3) is 0.444. The summed E-state index contributed by atoms with van der Waals surface area (Å²) in [5.74, 6) is -2.37. The predicted molar refractivity (Wildman–Crippen MR) is 107 cm³/mol. The third-order valence-electron chi connectivity index (χ3n) is 3.69. The Morgan fingerprint density at radius 2 is 1.97 bits per heavy atom. The largest absolute Gasteiger partial charge is 0.507 e. The fourth-order valence-electron chi connectivity index (χ4n) is 2.13. The summed E-state index contributed by atoms with van der Waals surface area (Å²) in [7, 11) is 0. The molecule has 0 heterocycles. The van der Waals surface area contributed by atoms with Crippen molar-refractivity contribution in [3.8, 4) is 11.5 Å². The standard InChI is InChI=1S/C18H27N5O7/c1-2-3-7-30-18(28)23-13(16(26)27)10-22-15(25)12-5-4-11(9-14(12)24)29-8-6-21-17(19)20/h4-5,9,13,24H,2-3,6-8,10H2,1H3,(H,22,25)(H,23,28)(H,26,27)(H4,19,20,21)/t13-/m0/s1. The first-order chi connectivity index (χ1) is 14.2. The zero-order valence-corrected chi connectivity index (χ0v) is 16.6. The van der Waals surface area contributed by atoms with Gasteiger partial charge >= 0.3 is 12.1 Å². The summed E-state index contributed by atoms with van der Waals surface area (Å²) in [6.07, 6.45) is 0.566. The van der Waals surface area contributed by atoms with E-state index in [-0.39, 0.29) is 42.8 Å². The number of hydrogen-bond donors (Lipinski definition) is 7. The van der Waals surface area contributed by atoms with E-state index in [2.05, 4.69) is 16.0 Å². The van der Waals surface area contributed by atoms with Crippen molar-refractivity contribution in [1.82, 2.24) is 16.0 Å². The maximum atomic E-state index is 12.2. The number of nitrogens with one attached hydrogen (secondary N) is 4. The Morgan fingerprint density at radius 1 is 1.23 bits per heavy atom. The first-order valence-corrected chi connectivity index (χ1v) is 9.22. The zero-order chi connectivity index (χ0) is 22.5. The molecule has 1 aromatic rings. The molecule has 166 valence electrons. The Hall–Kier alpha value is -3.70. The van der Waals surface area contributed by atoms with Gasteiger partial charge in [-0.3, -0.25) is 10.2 Å².